The quantitative estimate of drug-likeness (QED) is 0.196. The average Bonchev–Trinajstić information content (AvgIpc) is 3.29. The molecule has 2 unspecified atom stereocenters. The Morgan fingerprint density at radius 3 is 2.13 bits per heavy atom. The van der Waals surface area contributed by atoms with Crippen LogP contribution in [0.5, 0.6) is 23.0 Å². The van der Waals surface area contributed by atoms with E-state index < -0.39 is 58.5 Å². The third-order valence-electron chi connectivity index (χ3n) is 6.30. The van der Waals surface area contributed by atoms with Gasteiger partial charge in [0.1, 0.15) is 34.7 Å². The Morgan fingerprint density at radius 2 is 1.49 bits per heavy atom. The smallest absolute Gasteiger partial charge is 0.338 e. The highest BCUT2D eigenvalue weighted by atomic mass is 16.5. The molecule has 2 amide bonds. The summed E-state index contributed by atoms with van der Waals surface area (Å²) in [5, 5.41) is 46.0. The van der Waals surface area contributed by atoms with Gasteiger partial charge in [-0.3, -0.25) is 14.4 Å². The van der Waals surface area contributed by atoms with Gasteiger partial charge in [-0.2, -0.15) is 0 Å². The molecule has 0 heterocycles. The molecule has 3 aromatic carbocycles. The number of carbonyl (C=O) groups is 4. The van der Waals surface area contributed by atoms with Crippen molar-refractivity contribution < 1.29 is 44.3 Å². The number of carbonyl (C=O) groups excluding carboxylic acids is 4. The molecule has 11 heteroatoms. The molecule has 39 heavy (non-hydrogen) atoms. The van der Waals surface area contributed by atoms with E-state index in [9.17, 15) is 39.6 Å². The fourth-order valence-electron chi connectivity index (χ4n) is 4.46. The van der Waals surface area contributed by atoms with Crippen molar-refractivity contribution in [3.05, 3.63) is 76.9 Å². The SMILES string of the molecule is CC(=O)Nc1cccc(O)c1C(=O)c1c(O)cc(C(=O)OC2CCCC2NC(=O)c2ccc(O)cc2)cc1O. The monoisotopic (exact) mass is 534 g/mol. The number of amides is 2. The lowest BCUT2D eigenvalue weighted by molar-refractivity contribution is -0.114. The molecule has 0 radical (unpaired) electrons. The van der Waals surface area contributed by atoms with Crippen LogP contribution in [0.2, 0.25) is 0 Å². The van der Waals surface area contributed by atoms with E-state index >= 15 is 0 Å². The topological polar surface area (TPSA) is 182 Å². The van der Waals surface area contributed by atoms with E-state index in [1.54, 1.807) is 0 Å². The molecule has 11 nitrogen and oxygen atoms in total. The van der Waals surface area contributed by atoms with E-state index in [1.807, 2.05) is 0 Å². The highest BCUT2D eigenvalue weighted by molar-refractivity contribution is 6.18. The average molecular weight is 535 g/mol. The Bertz CT molecular complexity index is 1430. The van der Waals surface area contributed by atoms with Crippen molar-refractivity contribution in [2.75, 3.05) is 5.32 Å². The number of rotatable bonds is 7. The van der Waals surface area contributed by atoms with Gasteiger partial charge in [0.05, 0.1) is 22.9 Å². The second-order valence-corrected chi connectivity index (χ2v) is 9.10. The summed E-state index contributed by atoms with van der Waals surface area (Å²) in [4.78, 5) is 50.1. The van der Waals surface area contributed by atoms with Crippen LogP contribution in [0.1, 0.15) is 62.8 Å². The third kappa shape index (κ3) is 5.93. The number of benzene rings is 3. The number of ketones is 1. The normalized spacial score (nSPS) is 16.3. The molecule has 202 valence electrons. The molecule has 0 spiro atoms. The molecule has 4 rings (SSSR count). The molecule has 2 atom stereocenters. The number of hydrogen-bond donors (Lipinski definition) is 6. The highest BCUT2D eigenvalue weighted by Crippen LogP contribution is 2.36. The Kier molecular flexibility index (Phi) is 7.70. The molecule has 6 N–H and O–H groups in total. The zero-order valence-corrected chi connectivity index (χ0v) is 20.8. The van der Waals surface area contributed by atoms with Crippen LogP contribution in [0, 0.1) is 0 Å². The van der Waals surface area contributed by atoms with Crippen molar-refractivity contribution in [3.8, 4) is 23.0 Å². The first-order valence-electron chi connectivity index (χ1n) is 12.1. The van der Waals surface area contributed by atoms with E-state index in [1.165, 1.54) is 49.4 Å². The first-order chi connectivity index (χ1) is 18.5. The Morgan fingerprint density at radius 1 is 0.821 bits per heavy atom. The summed E-state index contributed by atoms with van der Waals surface area (Å²) in [5.41, 5.74) is -0.884. The van der Waals surface area contributed by atoms with Gasteiger partial charge < -0.3 is 35.8 Å². The van der Waals surface area contributed by atoms with Gasteiger partial charge in [0.2, 0.25) is 11.7 Å². The van der Waals surface area contributed by atoms with Crippen molar-refractivity contribution in [1.29, 1.82) is 0 Å². The van der Waals surface area contributed by atoms with Crippen molar-refractivity contribution in [2.24, 2.45) is 0 Å². The van der Waals surface area contributed by atoms with Crippen LogP contribution >= 0.6 is 0 Å². The van der Waals surface area contributed by atoms with Gasteiger partial charge >= 0.3 is 5.97 Å². The van der Waals surface area contributed by atoms with Gasteiger partial charge in [-0.15, -0.1) is 0 Å². The number of esters is 1. The van der Waals surface area contributed by atoms with Gasteiger partial charge in [-0.05, 0) is 67.8 Å². The lowest BCUT2D eigenvalue weighted by atomic mass is 9.97. The summed E-state index contributed by atoms with van der Waals surface area (Å²) in [5.74, 6) is -4.74. The lowest BCUT2D eigenvalue weighted by Crippen LogP contribution is -2.41. The van der Waals surface area contributed by atoms with Crippen LogP contribution in [-0.4, -0.2) is 56.1 Å². The molecule has 1 aliphatic rings. The standard InChI is InChI=1S/C28H26N2O9/c1-14(31)29-19-5-2-6-20(33)24(19)26(36)25-21(34)12-16(13-22(25)35)28(38)39-23-7-3-4-18(23)30-27(37)15-8-10-17(32)11-9-15/h2,5-6,8-13,18,23,32-35H,3-4,7H2,1H3,(H,29,31)(H,30,37). The third-order valence-corrected chi connectivity index (χ3v) is 6.30. The first-order valence-corrected chi connectivity index (χ1v) is 12.1. The Labute approximate surface area is 222 Å². The Hall–Kier alpha value is -5.06. The maximum atomic E-state index is 13.2. The van der Waals surface area contributed by atoms with Crippen molar-refractivity contribution in [3.63, 3.8) is 0 Å². The first kappa shape index (κ1) is 27.0. The number of hydrogen-bond acceptors (Lipinski definition) is 9. The molecule has 1 fully saturated rings. The van der Waals surface area contributed by atoms with E-state index in [2.05, 4.69) is 10.6 Å². The number of phenolic OH excluding ortho intramolecular Hbond substituents is 4. The summed E-state index contributed by atoms with van der Waals surface area (Å²) < 4.78 is 5.55. The number of aromatic hydroxyl groups is 4. The molecule has 0 aliphatic heterocycles. The predicted octanol–water partition coefficient (Wildman–Crippen LogP) is 3.21. The minimum atomic E-state index is -0.987. The van der Waals surface area contributed by atoms with E-state index in [4.69, 9.17) is 4.74 Å². The summed E-state index contributed by atoms with van der Waals surface area (Å²) >= 11 is 0. The molecule has 0 saturated heterocycles. The maximum absolute atomic E-state index is 13.2. The molecule has 1 aliphatic carbocycles. The van der Waals surface area contributed by atoms with Crippen LogP contribution in [-0.2, 0) is 9.53 Å². The van der Waals surface area contributed by atoms with Crippen LogP contribution in [0.4, 0.5) is 5.69 Å². The van der Waals surface area contributed by atoms with Crippen LogP contribution in [0.3, 0.4) is 0 Å². The van der Waals surface area contributed by atoms with Crippen molar-refractivity contribution in [2.45, 2.75) is 38.3 Å². The fourth-order valence-corrected chi connectivity index (χ4v) is 4.46. The molecule has 0 aromatic heterocycles. The lowest BCUT2D eigenvalue weighted by Gasteiger charge is -2.21. The summed E-state index contributed by atoms with van der Waals surface area (Å²) in [6.45, 7) is 1.21. The second kappa shape index (κ2) is 11.1. The molecule has 3 aromatic rings. The minimum absolute atomic E-state index is 0.0205. The largest absolute Gasteiger partial charge is 0.508 e. The van der Waals surface area contributed by atoms with Crippen LogP contribution in [0.25, 0.3) is 0 Å². The number of ether oxygens (including phenoxy) is 1. The number of nitrogens with one attached hydrogen (secondary N) is 2. The van der Waals surface area contributed by atoms with Crippen molar-refractivity contribution in [1.82, 2.24) is 5.32 Å². The van der Waals surface area contributed by atoms with Gasteiger partial charge in [-0.1, -0.05) is 6.07 Å². The van der Waals surface area contributed by atoms with Crippen LogP contribution in [0.15, 0.2) is 54.6 Å². The summed E-state index contributed by atoms with van der Waals surface area (Å²) in [6, 6.07) is 11.1. The number of phenols is 4. The molecule has 0 bridgehead atoms. The summed E-state index contributed by atoms with van der Waals surface area (Å²) in [7, 11) is 0. The second-order valence-electron chi connectivity index (χ2n) is 9.10. The highest BCUT2D eigenvalue weighted by Gasteiger charge is 2.33. The van der Waals surface area contributed by atoms with Crippen molar-refractivity contribution >= 4 is 29.3 Å². The zero-order valence-electron chi connectivity index (χ0n) is 20.8. The van der Waals surface area contributed by atoms with E-state index in [0.717, 1.165) is 12.1 Å². The van der Waals surface area contributed by atoms with Gasteiger partial charge in [0.15, 0.2) is 0 Å². The van der Waals surface area contributed by atoms with Gasteiger partial charge in [-0.25, -0.2) is 4.79 Å². The molecular weight excluding hydrogens is 508 g/mol. The predicted molar refractivity (Wildman–Crippen MR) is 138 cm³/mol. The molecular formula is C28H26N2O9. The zero-order chi connectivity index (χ0) is 28.3. The Balaban J connectivity index is 1.51. The van der Waals surface area contributed by atoms with E-state index in [0.29, 0.717) is 24.8 Å². The van der Waals surface area contributed by atoms with E-state index in [-0.39, 0.29) is 22.6 Å². The fraction of sp³-hybridized carbons (Fsp3) is 0.214. The van der Waals surface area contributed by atoms with Crippen LogP contribution < -0.4 is 10.6 Å². The maximum Gasteiger partial charge on any atom is 0.338 e. The number of anilines is 1. The van der Waals surface area contributed by atoms with Gasteiger partial charge in [0.25, 0.3) is 5.91 Å². The summed E-state index contributed by atoms with van der Waals surface area (Å²) in [6.07, 6.45) is 1.04. The molecule has 1 saturated carbocycles. The van der Waals surface area contributed by atoms with Gasteiger partial charge in [0, 0.05) is 12.5 Å². The minimum Gasteiger partial charge on any atom is -0.508 e.